The van der Waals surface area contributed by atoms with Gasteiger partial charge in [-0.1, -0.05) is 19.8 Å². The molecule has 0 aromatic heterocycles. The summed E-state index contributed by atoms with van der Waals surface area (Å²) in [5.74, 6) is 9.67. The highest BCUT2D eigenvalue weighted by molar-refractivity contribution is 5.01. The summed E-state index contributed by atoms with van der Waals surface area (Å²) in [5, 5.41) is 0. The van der Waals surface area contributed by atoms with Crippen molar-refractivity contribution < 1.29 is 0 Å². The largest absolute Gasteiger partial charge is 0.103 e. The number of hydrogen-bond donors (Lipinski definition) is 0. The zero-order chi connectivity index (χ0) is 9.80. The van der Waals surface area contributed by atoms with Gasteiger partial charge in [0.25, 0.3) is 0 Å². The van der Waals surface area contributed by atoms with Crippen LogP contribution in [0.4, 0.5) is 0 Å². The van der Waals surface area contributed by atoms with Crippen LogP contribution < -0.4 is 0 Å². The van der Waals surface area contributed by atoms with Gasteiger partial charge in [-0.2, -0.15) is 0 Å². The molecule has 0 aliphatic heterocycles. The zero-order valence-corrected chi connectivity index (χ0v) is 9.39. The summed E-state index contributed by atoms with van der Waals surface area (Å²) in [6, 6.07) is 0. The van der Waals surface area contributed by atoms with Crippen LogP contribution in [0.25, 0.3) is 0 Å². The molecule has 0 radical (unpaired) electrons. The fourth-order valence-electron chi connectivity index (χ4n) is 3.22. The monoisotopic (exact) mass is 190 g/mol. The second kappa shape index (κ2) is 4.87. The molecule has 0 N–H and O–H groups in total. The minimum atomic E-state index is 1.02. The highest BCUT2D eigenvalue weighted by Crippen LogP contribution is 2.40. The van der Waals surface area contributed by atoms with Crippen molar-refractivity contribution >= 4 is 0 Å². The van der Waals surface area contributed by atoms with Crippen molar-refractivity contribution in [3.63, 3.8) is 0 Å². The van der Waals surface area contributed by atoms with Crippen LogP contribution in [0.15, 0.2) is 0 Å². The molecule has 0 heterocycles. The van der Waals surface area contributed by atoms with Crippen LogP contribution in [-0.4, -0.2) is 0 Å². The highest BCUT2D eigenvalue weighted by Gasteiger charge is 2.28. The maximum atomic E-state index is 3.30. The van der Waals surface area contributed by atoms with Gasteiger partial charge in [0, 0.05) is 12.8 Å². The topological polar surface area (TPSA) is 0 Å². The van der Waals surface area contributed by atoms with Crippen molar-refractivity contribution in [2.45, 2.75) is 58.3 Å². The molecule has 0 aromatic carbocycles. The molecule has 2 aliphatic carbocycles. The summed E-state index contributed by atoms with van der Waals surface area (Å²) >= 11 is 0. The van der Waals surface area contributed by atoms with Gasteiger partial charge in [-0.05, 0) is 43.4 Å². The molecule has 0 heteroatoms. The van der Waals surface area contributed by atoms with Crippen LogP contribution in [0.5, 0.6) is 0 Å². The molecule has 3 unspecified atom stereocenters. The fourth-order valence-corrected chi connectivity index (χ4v) is 3.22. The molecule has 0 saturated heterocycles. The summed E-state index contributed by atoms with van der Waals surface area (Å²) in [4.78, 5) is 0. The van der Waals surface area contributed by atoms with Crippen LogP contribution in [-0.2, 0) is 0 Å². The van der Waals surface area contributed by atoms with E-state index in [0.717, 1.165) is 30.6 Å². The Morgan fingerprint density at radius 2 is 1.64 bits per heavy atom. The summed E-state index contributed by atoms with van der Waals surface area (Å²) < 4.78 is 0. The first-order chi connectivity index (χ1) is 6.90. The third-order valence-corrected chi connectivity index (χ3v) is 4.23. The predicted molar refractivity (Wildman–Crippen MR) is 60.9 cm³/mol. The first-order valence-corrected chi connectivity index (χ1v) is 6.36. The standard InChI is InChI=1S/C14H22/c1-2-12-9-10-13-7-5-3-4-6-8-14(13)11-12/h12-14H,2,5-11H2,1H3. The quantitative estimate of drug-likeness (QED) is 0.548. The summed E-state index contributed by atoms with van der Waals surface area (Å²) in [6.07, 6.45) is 11.0. The molecule has 78 valence electrons. The maximum absolute atomic E-state index is 3.30. The minimum absolute atomic E-state index is 1.02. The van der Waals surface area contributed by atoms with Crippen LogP contribution in [0.2, 0.25) is 0 Å². The van der Waals surface area contributed by atoms with Gasteiger partial charge in [-0.15, -0.1) is 11.8 Å². The molecule has 0 bridgehead atoms. The van der Waals surface area contributed by atoms with Gasteiger partial charge in [0.2, 0.25) is 0 Å². The van der Waals surface area contributed by atoms with Crippen molar-refractivity contribution in [2.24, 2.45) is 17.8 Å². The molecular weight excluding hydrogens is 168 g/mol. The van der Waals surface area contributed by atoms with Gasteiger partial charge in [-0.3, -0.25) is 0 Å². The summed E-state index contributed by atoms with van der Waals surface area (Å²) in [6.45, 7) is 2.35. The summed E-state index contributed by atoms with van der Waals surface area (Å²) in [5.41, 5.74) is 0. The van der Waals surface area contributed by atoms with E-state index in [1.807, 2.05) is 0 Å². The molecule has 0 nitrogen and oxygen atoms in total. The first-order valence-electron chi connectivity index (χ1n) is 6.36. The average Bonchev–Trinajstić information content (AvgIpc) is 2.18. The number of rotatable bonds is 1. The molecule has 1 fully saturated rings. The Labute approximate surface area is 88.5 Å². The van der Waals surface area contributed by atoms with E-state index in [1.54, 1.807) is 0 Å². The lowest BCUT2D eigenvalue weighted by Crippen LogP contribution is -2.25. The van der Waals surface area contributed by atoms with Gasteiger partial charge >= 0.3 is 0 Å². The molecule has 2 aliphatic rings. The lowest BCUT2D eigenvalue weighted by atomic mass is 9.69. The number of hydrogen-bond acceptors (Lipinski definition) is 0. The van der Waals surface area contributed by atoms with E-state index < -0.39 is 0 Å². The van der Waals surface area contributed by atoms with Gasteiger partial charge in [0.1, 0.15) is 0 Å². The van der Waals surface area contributed by atoms with E-state index in [1.165, 1.54) is 38.5 Å². The predicted octanol–water partition coefficient (Wildman–Crippen LogP) is 4.01. The van der Waals surface area contributed by atoms with Crippen LogP contribution in [0.3, 0.4) is 0 Å². The smallest absolute Gasteiger partial charge is 0.00914 e. The average molecular weight is 190 g/mol. The molecule has 14 heavy (non-hydrogen) atoms. The van der Waals surface area contributed by atoms with E-state index in [-0.39, 0.29) is 0 Å². The molecule has 1 saturated carbocycles. The maximum Gasteiger partial charge on any atom is 0.00914 e. The van der Waals surface area contributed by atoms with Crippen LogP contribution in [0.1, 0.15) is 58.3 Å². The first kappa shape index (κ1) is 10.1. The molecule has 2 rings (SSSR count). The fraction of sp³-hybridized carbons (Fsp3) is 0.857. The highest BCUT2D eigenvalue weighted by atomic mass is 14.3. The Morgan fingerprint density at radius 1 is 0.929 bits per heavy atom. The van der Waals surface area contributed by atoms with E-state index in [0.29, 0.717) is 0 Å². The van der Waals surface area contributed by atoms with Gasteiger partial charge in [0.05, 0.1) is 0 Å². The molecule has 0 aromatic rings. The third-order valence-electron chi connectivity index (χ3n) is 4.23. The van der Waals surface area contributed by atoms with Crippen molar-refractivity contribution in [2.75, 3.05) is 0 Å². The van der Waals surface area contributed by atoms with E-state index >= 15 is 0 Å². The zero-order valence-electron chi connectivity index (χ0n) is 9.39. The van der Waals surface area contributed by atoms with Gasteiger partial charge < -0.3 is 0 Å². The van der Waals surface area contributed by atoms with Gasteiger partial charge in [0.15, 0.2) is 0 Å². The lowest BCUT2D eigenvalue weighted by molar-refractivity contribution is 0.159. The van der Waals surface area contributed by atoms with Crippen LogP contribution in [0, 0.1) is 29.6 Å². The molecule has 3 atom stereocenters. The van der Waals surface area contributed by atoms with Gasteiger partial charge in [-0.25, -0.2) is 0 Å². The Bertz CT molecular complexity index is 230. The SMILES string of the molecule is CCC1CCC2CCC#CCCC2C1. The minimum Gasteiger partial charge on any atom is -0.103 e. The Hall–Kier alpha value is -0.440. The van der Waals surface area contributed by atoms with Crippen molar-refractivity contribution in [3.8, 4) is 11.8 Å². The Morgan fingerprint density at radius 3 is 2.36 bits per heavy atom. The lowest BCUT2D eigenvalue weighted by Gasteiger charge is -2.36. The normalized spacial score (nSPS) is 37.4. The van der Waals surface area contributed by atoms with E-state index in [9.17, 15) is 0 Å². The van der Waals surface area contributed by atoms with E-state index in [2.05, 4.69) is 18.8 Å². The summed E-state index contributed by atoms with van der Waals surface area (Å²) in [7, 11) is 0. The molecule has 0 spiro atoms. The molecular formula is C14H22. The van der Waals surface area contributed by atoms with Crippen LogP contribution >= 0.6 is 0 Å². The van der Waals surface area contributed by atoms with Crippen molar-refractivity contribution in [1.82, 2.24) is 0 Å². The Balaban J connectivity index is 1.95. The number of fused-ring (bicyclic) bond motifs is 1. The van der Waals surface area contributed by atoms with Crippen molar-refractivity contribution in [1.29, 1.82) is 0 Å². The van der Waals surface area contributed by atoms with Crippen molar-refractivity contribution in [3.05, 3.63) is 0 Å². The molecule has 0 amide bonds. The Kier molecular flexibility index (Phi) is 3.51. The third kappa shape index (κ3) is 2.32. The van der Waals surface area contributed by atoms with E-state index in [4.69, 9.17) is 0 Å². The second-order valence-electron chi connectivity index (χ2n) is 5.04. The second-order valence-corrected chi connectivity index (χ2v) is 5.04.